The number of amides is 3. The SMILES string of the molecule is COC1CC(N(C)C(=O)Nc2cc3c(cc2F)CCC(=O)N3)C12CCC2. The number of hydrogen-bond acceptors (Lipinski definition) is 3. The van der Waals surface area contributed by atoms with E-state index < -0.39 is 5.82 Å². The van der Waals surface area contributed by atoms with Gasteiger partial charge in [0.15, 0.2) is 0 Å². The average molecular weight is 361 g/mol. The molecule has 2 N–H and O–H groups in total. The molecule has 1 aromatic carbocycles. The van der Waals surface area contributed by atoms with Gasteiger partial charge in [0.2, 0.25) is 5.91 Å². The van der Waals surface area contributed by atoms with Gasteiger partial charge in [-0.15, -0.1) is 0 Å². The summed E-state index contributed by atoms with van der Waals surface area (Å²) in [5, 5.41) is 5.40. The highest BCUT2D eigenvalue weighted by molar-refractivity contribution is 5.96. The third kappa shape index (κ3) is 2.57. The molecule has 2 fully saturated rings. The Morgan fingerprint density at radius 3 is 2.81 bits per heavy atom. The molecule has 2 atom stereocenters. The molecular weight excluding hydrogens is 337 g/mol. The Labute approximate surface area is 152 Å². The highest BCUT2D eigenvalue weighted by Gasteiger charge is 2.60. The van der Waals surface area contributed by atoms with Crippen molar-refractivity contribution in [2.24, 2.45) is 5.41 Å². The summed E-state index contributed by atoms with van der Waals surface area (Å²) in [6.07, 6.45) is 5.15. The first-order chi connectivity index (χ1) is 12.4. The van der Waals surface area contributed by atoms with E-state index in [1.165, 1.54) is 12.1 Å². The van der Waals surface area contributed by atoms with Gasteiger partial charge in [-0.05, 0) is 43.4 Å². The van der Waals surface area contributed by atoms with Crippen LogP contribution in [0.1, 0.15) is 37.7 Å². The number of methoxy groups -OCH3 is 1. The Hall–Kier alpha value is -2.15. The standard InChI is InChI=1S/C19H24FN3O3/c1-23(15-10-16(26-2)19(15)6-3-7-19)18(25)22-14-9-13-11(8-12(14)20)4-5-17(24)21-13/h8-9,15-16H,3-7,10H2,1-2H3,(H,21,24)(H,22,25). The van der Waals surface area contributed by atoms with Crippen LogP contribution < -0.4 is 10.6 Å². The molecule has 7 heteroatoms. The molecule has 0 aromatic heterocycles. The molecule has 0 bridgehead atoms. The highest BCUT2D eigenvalue weighted by Crippen LogP contribution is 2.58. The maximum absolute atomic E-state index is 14.4. The largest absolute Gasteiger partial charge is 0.381 e. The number of rotatable bonds is 3. The van der Waals surface area contributed by atoms with E-state index in [0.29, 0.717) is 18.5 Å². The van der Waals surface area contributed by atoms with Crippen LogP contribution in [-0.2, 0) is 16.0 Å². The number of hydrogen-bond donors (Lipinski definition) is 2. The first-order valence-electron chi connectivity index (χ1n) is 9.13. The number of benzene rings is 1. The summed E-state index contributed by atoms with van der Waals surface area (Å²) < 4.78 is 19.9. The van der Waals surface area contributed by atoms with Gasteiger partial charge in [-0.3, -0.25) is 4.79 Å². The highest BCUT2D eigenvalue weighted by atomic mass is 19.1. The number of halogens is 1. The number of nitrogens with one attached hydrogen (secondary N) is 2. The molecule has 1 aromatic rings. The van der Waals surface area contributed by atoms with Crippen molar-refractivity contribution >= 4 is 23.3 Å². The molecule has 1 aliphatic heterocycles. The van der Waals surface area contributed by atoms with Crippen molar-refractivity contribution in [3.8, 4) is 0 Å². The second kappa shape index (κ2) is 6.23. The molecule has 2 unspecified atom stereocenters. The van der Waals surface area contributed by atoms with Crippen LogP contribution in [0.3, 0.4) is 0 Å². The predicted octanol–water partition coefficient (Wildman–Crippen LogP) is 3.13. The monoisotopic (exact) mass is 361 g/mol. The normalized spacial score (nSPS) is 25.6. The summed E-state index contributed by atoms with van der Waals surface area (Å²) in [6.45, 7) is 0. The van der Waals surface area contributed by atoms with E-state index >= 15 is 0 Å². The zero-order chi connectivity index (χ0) is 18.5. The maximum atomic E-state index is 14.4. The lowest BCUT2D eigenvalue weighted by Gasteiger charge is -2.62. The van der Waals surface area contributed by atoms with Gasteiger partial charge < -0.3 is 20.3 Å². The first kappa shape index (κ1) is 17.3. The van der Waals surface area contributed by atoms with Gasteiger partial charge in [-0.25, -0.2) is 9.18 Å². The summed E-state index contributed by atoms with van der Waals surface area (Å²) in [7, 11) is 3.47. The minimum atomic E-state index is -0.483. The molecule has 2 aliphatic carbocycles. The number of anilines is 2. The van der Waals surface area contributed by atoms with Crippen LogP contribution in [0.4, 0.5) is 20.6 Å². The van der Waals surface area contributed by atoms with Gasteiger partial charge in [0.05, 0.1) is 11.8 Å². The molecule has 26 heavy (non-hydrogen) atoms. The minimum absolute atomic E-state index is 0.0587. The molecule has 1 heterocycles. The molecule has 3 aliphatic rings. The van der Waals surface area contributed by atoms with Crippen LogP contribution in [-0.4, -0.2) is 43.1 Å². The zero-order valence-corrected chi connectivity index (χ0v) is 15.1. The zero-order valence-electron chi connectivity index (χ0n) is 15.1. The number of aryl methyl sites for hydroxylation is 1. The van der Waals surface area contributed by atoms with Gasteiger partial charge in [-0.2, -0.15) is 0 Å². The first-order valence-corrected chi connectivity index (χ1v) is 9.13. The van der Waals surface area contributed by atoms with E-state index in [0.717, 1.165) is 31.2 Å². The lowest BCUT2D eigenvalue weighted by Crippen LogP contribution is -2.68. The Bertz CT molecular complexity index is 763. The topological polar surface area (TPSA) is 70.7 Å². The van der Waals surface area contributed by atoms with E-state index in [1.54, 1.807) is 19.1 Å². The number of fused-ring (bicyclic) bond motifs is 1. The minimum Gasteiger partial charge on any atom is -0.381 e. The second-order valence-corrected chi connectivity index (χ2v) is 7.64. The average Bonchev–Trinajstić information content (AvgIpc) is 2.53. The summed E-state index contributed by atoms with van der Waals surface area (Å²) >= 11 is 0. The Kier molecular flexibility index (Phi) is 4.14. The molecular formula is C19H24FN3O3. The van der Waals surface area contributed by atoms with Gasteiger partial charge in [-0.1, -0.05) is 6.42 Å². The van der Waals surface area contributed by atoms with E-state index in [-0.39, 0.29) is 35.2 Å². The third-order valence-corrected chi connectivity index (χ3v) is 6.43. The quantitative estimate of drug-likeness (QED) is 0.869. The molecule has 2 saturated carbocycles. The third-order valence-electron chi connectivity index (χ3n) is 6.43. The van der Waals surface area contributed by atoms with Gasteiger partial charge in [0.1, 0.15) is 5.82 Å². The van der Waals surface area contributed by atoms with Crippen LogP contribution in [0.25, 0.3) is 0 Å². The van der Waals surface area contributed by atoms with Gasteiger partial charge >= 0.3 is 6.03 Å². The fourth-order valence-electron chi connectivity index (χ4n) is 4.68. The Balaban J connectivity index is 1.48. The second-order valence-electron chi connectivity index (χ2n) is 7.64. The number of ether oxygens (including phenoxy) is 1. The predicted molar refractivity (Wildman–Crippen MR) is 95.6 cm³/mol. The van der Waals surface area contributed by atoms with Crippen molar-refractivity contribution in [2.45, 2.75) is 50.7 Å². The molecule has 140 valence electrons. The van der Waals surface area contributed by atoms with Crippen molar-refractivity contribution in [3.05, 3.63) is 23.5 Å². The summed E-state index contributed by atoms with van der Waals surface area (Å²) in [4.78, 5) is 25.9. The molecule has 4 rings (SSSR count). The molecule has 6 nitrogen and oxygen atoms in total. The number of nitrogens with zero attached hydrogens (tertiary/aromatic N) is 1. The van der Waals surface area contributed by atoms with Crippen LogP contribution in [0.15, 0.2) is 12.1 Å². The Morgan fingerprint density at radius 1 is 1.38 bits per heavy atom. The van der Waals surface area contributed by atoms with Crippen LogP contribution >= 0.6 is 0 Å². The van der Waals surface area contributed by atoms with Crippen LogP contribution in [0, 0.1) is 11.2 Å². The number of urea groups is 1. The summed E-state index contributed by atoms with van der Waals surface area (Å²) in [5.41, 5.74) is 1.47. The van der Waals surface area contributed by atoms with E-state index in [2.05, 4.69) is 10.6 Å². The molecule has 3 amide bonds. The Morgan fingerprint density at radius 2 is 2.15 bits per heavy atom. The van der Waals surface area contributed by atoms with E-state index in [4.69, 9.17) is 4.74 Å². The van der Waals surface area contributed by atoms with Crippen molar-refractivity contribution in [1.82, 2.24) is 4.90 Å². The van der Waals surface area contributed by atoms with Crippen molar-refractivity contribution < 1.29 is 18.7 Å². The smallest absolute Gasteiger partial charge is 0.321 e. The van der Waals surface area contributed by atoms with Crippen LogP contribution in [0.5, 0.6) is 0 Å². The van der Waals surface area contributed by atoms with E-state index in [1.807, 2.05) is 0 Å². The van der Waals surface area contributed by atoms with Gasteiger partial charge in [0, 0.05) is 37.7 Å². The van der Waals surface area contributed by atoms with Crippen molar-refractivity contribution in [3.63, 3.8) is 0 Å². The lowest BCUT2D eigenvalue weighted by atomic mass is 9.50. The number of carbonyl (C=O) groups excluding carboxylic acids is 2. The van der Waals surface area contributed by atoms with Crippen LogP contribution in [0.2, 0.25) is 0 Å². The maximum Gasteiger partial charge on any atom is 0.321 e. The molecule has 1 spiro atoms. The van der Waals surface area contributed by atoms with Gasteiger partial charge in [0.25, 0.3) is 0 Å². The fraction of sp³-hybridized carbons (Fsp3) is 0.579. The fourth-order valence-corrected chi connectivity index (χ4v) is 4.68. The van der Waals surface area contributed by atoms with Crippen molar-refractivity contribution in [2.75, 3.05) is 24.8 Å². The molecule has 0 saturated heterocycles. The summed E-state index contributed by atoms with van der Waals surface area (Å²) in [5.74, 6) is -0.575. The van der Waals surface area contributed by atoms with E-state index in [9.17, 15) is 14.0 Å². The lowest BCUT2D eigenvalue weighted by molar-refractivity contribution is -0.181. The molecule has 0 radical (unpaired) electrons. The summed E-state index contributed by atoms with van der Waals surface area (Å²) in [6, 6.07) is 2.67. The van der Waals surface area contributed by atoms with Crippen molar-refractivity contribution in [1.29, 1.82) is 0 Å². The number of carbonyl (C=O) groups is 2.